The van der Waals surface area contributed by atoms with Gasteiger partial charge < -0.3 is 10.6 Å². The lowest BCUT2D eigenvalue weighted by atomic mass is 9.96. The molecule has 1 unspecified atom stereocenters. The Morgan fingerprint density at radius 3 is 2.75 bits per heavy atom. The average molecular weight is 267 g/mol. The van der Waals surface area contributed by atoms with E-state index < -0.39 is 0 Å². The first-order valence-electron chi connectivity index (χ1n) is 7.25. The lowest BCUT2D eigenvalue weighted by molar-refractivity contribution is 0.613. The molecule has 1 aliphatic rings. The zero-order valence-corrected chi connectivity index (χ0v) is 12.1. The van der Waals surface area contributed by atoms with E-state index in [-0.39, 0.29) is 6.04 Å². The number of rotatable bonds is 2. The molecule has 0 bridgehead atoms. The molecule has 0 spiro atoms. The van der Waals surface area contributed by atoms with Crippen LogP contribution in [-0.2, 0) is 6.42 Å². The largest absolute Gasteiger partial charge is 0.324 e. The molecule has 1 aliphatic heterocycles. The predicted octanol–water partition coefficient (Wildman–Crippen LogP) is 3.57. The number of benzene rings is 1. The summed E-state index contributed by atoms with van der Waals surface area (Å²) < 4.78 is 0. The van der Waals surface area contributed by atoms with Crippen molar-refractivity contribution in [3.63, 3.8) is 0 Å². The van der Waals surface area contributed by atoms with Crippen LogP contribution >= 0.6 is 0 Å². The Kier molecular flexibility index (Phi) is 3.45. The smallest absolute Gasteiger partial charge is 0.133 e. The fourth-order valence-corrected chi connectivity index (χ4v) is 2.85. The molecule has 1 aromatic carbocycles. The molecule has 3 rings (SSSR count). The first-order valence-corrected chi connectivity index (χ1v) is 7.25. The zero-order chi connectivity index (χ0) is 14.1. The van der Waals surface area contributed by atoms with Gasteiger partial charge in [0.15, 0.2) is 0 Å². The van der Waals surface area contributed by atoms with Crippen molar-refractivity contribution in [2.45, 2.75) is 38.8 Å². The van der Waals surface area contributed by atoms with Crippen LogP contribution in [-0.4, -0.2) is 11.0 Å². The Morgan fingerprint density at radius 2 is 2.05 bits per heavy atom. The molecule has 0 radical (unpaired) electrons. The summed E-state index contributed by atoms with van der Waals surface area (Å²) in [6.07, 6.45) is 4.20. The number of fused-ring (bicyclic) bond motifs is 1. The van der Waals surface area contributed by atoms with E-state index in [0.717, 1.165) is 24.2 Å². The van der Waals surface area contributed by atoms with Gasteiger partial charge >= 0.3 is 0 Å². The second-order valence-electron chi connectivity index (χ2n) is 5.62. The fourth-order valence-electron chi connectivity index (χ4n) is 2.85. The van der Waals surface area contributed by atoms with E-state index in [1.165, 1.54) is 11.3 Å². The highest BCUT2D eigenvalue weighted by Crippen LogP contribution is 2.35. The molecule has 20 heavy (non-hydrogen) atoms. The summed E-state index contributed by atoms with van der Waals surface area (Å²) in [7, 11) is 0. The van der Waals surface area contributed by atoms with Gasteiger partial charge in [-0.3, -0.25) is 0 Å². The number of nitrogens with zero attached hydrogens (tertiary/aromatic N) is 2. The van der Waals surface area contributed by atoms with Crippen LogP contribution in [0.3, 0.4) is 0 Å². The lowest BCUT2D eigenvalue weighted by Crippen LogP contribution is -2.33. The standard InChI is InChI=1S/C17H21N3/c1-12-7-8-14-5-3-4-6-16(14)20(12)17-10-9-15(11-19-17)13(2)18/h3-6,9-13H,7-8,18H2,1-2H3/t12?,13-/m0/s1. The molecular weight excluding hydrogens is 246 g/mol. The maximum Gasteiger partial charge on any atom is 0.133 e. The van der Waals surface area contributed by atoms with Gasteiger partial charge in [-0.15, -0.1) is 0 Å². The fraction of sp³-hybridized carbons (Fsp3) is 0.353. The number of hydrogen-bond acceptors (Lipinski definition) is 3. The van der Waals surface area contributed by atoms with Gasteiger partial charge in [-0.1, -0.05) is 24.3 Å². The van der Waals surface area contributed by atoms with Crippen LogP contribution in [0.4, 0.5) is 11.5 Å². The minimum Gasteiger partial charge on any atom is -0.324 e. The molecule has 3 heteroatoms. The Balaban J connectivity index is 2.00. The minimum absolute atomic E-state index is 0.0302. The summed E-state index contributed by atoms with van der Waals surface area (Å²) in [6.45, 7) is 4.24. The zero-order valence-electron chi connectivity index (χ0n) is 12.1. The molecule has 2 aromatic rings. The van der Waals surface area contributed by atoms with Crippen molar-refractivity contribution in [1.29, 1.82) is 0 Å². The molecule has 1 aromatic heterocycles. The summed E-state index contributed by atoms with van der Waals surface area (Å²) >= 11 is 0. The molecule has 0 aliphatic carbocycles. The van der Waals surface area contributed by atoms with Crippen LogP contribution < -0.4 is 10.6 Å². The van der Waals surface area contributed by atoms with Crippen molar-refractivity contribution < 1.29 is 0 Å². The van der Waals surface area contributed by atoms with Crippen LogP contribution in [0.1, 0.15) is 37.4 Å². The van der Waals surface area contributed by atoms with E-state index >= 15 is 0 Å². The molecule has 0 fully saturated rings. The maximum absolute atomic E-state index is 5.89. The lowest BCUT2D eigenvalue weighted by Gasteiger charge is -2.36. The normalized spacial score (nSPS) is 19.6. The molecule has 104 valence electrons. The highest BCUT2D eigenvalue weighted by molar-refractivity contribution is 5.66. The van der Waals surface area contributed by atoms with Crippen LogP contribution in [0.25, 0.3) is 0 Å². The van der Waals surface area contributed by atoms with Crippen molar-refractivity contribution in [2.24, 2.45) is 5.73 Å². The molecule has 0 saturated carbocycles. The highest BCUT2D eigenvalue weighted by Gasteiger charge is 2.24. The van der Waals surface area contributed by atoms with Gasteiger partial charge in [-0.25, -0.2) is 4.98 Å². The highest BCUT2D eigenvalue weighted by atomic mass is 15.2. The van der Waals surface area contributed by atoms with Gasteiger partial charge in [0, 0.05) is 24.0 Å². The SMILES string of the molecule is CC1CCc2ccccc2N1c1ccc([C@H](C)N)cn1. The maximum atomic E-state index is 5.89. The van der Waals surface area contributed by atoms with Gasteiger partial charge in [0.25, 0.3) is 0 Å². The monoisotopic (exact) mass is 267 g/mol. The molecule has 0 saturated heterocycles. The number of para-hydroxylation sites is 1. The number of hydrogen-bond donors (Lipinski definition) is 1. The Bertz CT molecular complexity index is 589. The van der Waals surface area contributed by atoms with E-state index in [1.807, 2.05) is 13.1 Å². The van der Waals surface area contributed by atoms with Crippen molar-refractivity contribution >= 4 is 11.5 Å². The quantitative estimate of drug-likeness (QED) is 0.904. The van der Waals surface area contributed by atoms with Crippen molar-refractivity contribution in [1.82, 2.24) is 4.98 Å². The van der Waals surface area contributed by atoms with E-state index in [0.29, 0.717) is 6.04 Å². The third kappa shape index (κ3) is 2.29. The summed E-state index contributed by atoms with van der Waals surface area (Å²) in [4.78, 5) is 6.96. The van der Waals surface area contributed by atoms with E-state index in [4.69, 9.17) is 5.73 Å². The third-order valence-electron chi connectivity index (χ3n) is 4.07. The Labute approximate surface area is 120 Å². The van der Waals surface area contributed by atoms with Crippen molar-refractivity contribution in [2.75, 3.05) is 4.90 Å². The molecule has 3 nitrogen and oxygen atoms in total. The predicted molar refractivity (Wildman–Crippen MR) is 83.2 cm³/mol. The molecular formula is C17H21N3. The molecule has 2 N–H and O–H groups in total. The third-order valence-corrected chi connectivity index (χ3v) is 4.07. The van der Waals surface area contributed by atoms with E-state index in [1.54, 1.807) is 0 Å². The van der Waals surface area contributed by atoms with Crippen molar-refractivity contribution in [3.8, 4) is 0 Å². The average Bonchev–Trinajstić information content (AvgIpc) is 2.47. The Hall–Kier alpha value is -1.87. The second-order valence-corrected chi connectivity index (χ2v) is 5.62. The first kappa shape index (κ1) is 13.1. The summed E-state index contributed by atoms with van der Waals surface area (Å²) in [5.74, 6) is 1.01. The van der Waals surface area contributed by atoms with Crippen LogP contribution in [0.5, 0.6) is 0 Å². The van der Waals surface area contributed by atoms with Crippen LogP contribution in [0.15, 0.2) is 42.6 Å². The summed E-state index contributed by atoms with van der Waals surface area (Å²) in [6, 6.07) is 13.3. The van der Waals surface area contributed by atoms with E-state index in [2.05, 4.69) is 53.2 Å². The van der Waals surface area contributed by atoms with E-state index in [9.17, 15) is 0 Å². The first-order chi connectivity index (χ1) is 9.66. The number of aromatic nitrogens is 1. The van der Waals surface area contributed by atoms with Gasteiger partial charge in [0.1, 0.15) is 5.82 Å². The molecule has 0 amide bonds. The van der Waals surface area contributed by atoms with Gasteiger partial charge in [0.05, 0.1) is 0 Å². The number of nitrogens with two attached hydrogens (primary N) is 1. The molecule has 2 heterocycles. The van der Waals surface area contributed by atoms with Crippen molar-refractivity contribution in [3.05, 3.63) is 53.7 Å². The Morgan fingerprint density at radius 1 is 1.25 bits per heavy atom. The molecule has 2 atom stereocenters. The number of anilines is 2. The second kappa shape index (κ2) is 5.25. The number of pyridine rings is 1. The minimum atomic E-state index is 0.0302. The van der Waals surface area contributed by atoms with Crippen LogP contribution in [0.2, 0.25) is 0 Å². The van der Waals surface area contributed by atoms with Gasteiger partial charge in [-0.2, -0.15) is 0 Å². The summed E-state index contributed by atoms with van der Waals surface area (Å²) in [5, 5.41) is 0. The number of aryl methyl sites for hydroxylation is 1. The summed E-state index contributed by atoms with van der Waals surface area (Å²) in [5.41, 5.74) is 9.66. The van der Waals surface area contributed by atoms with Gasteiger partial charge in [0.2, 0.25) is 0 Å². The van der Waals surface area contributed by atoms with Crippen LogP contribution in [0, 0.1) is 0 Å². The van der Waals surface area contributed by atoms with Gasteiger partial charge in [-0.05, 0) is 49.9 Å². The topological polar surface area (TPSA) is 42.1 Å².